The Morgan fingerprint density at radius 1 is 1.06 bits per heavy atom. The lowest BCUT2D eigenvalue weighted by molar-refractivity contribution is -0.171. The van der Waals surface area contributed by atoms with Crippen LogP contribution in [0, 0.1) is 0 Å². The van der Waals surface area contributed by atoms with Crippen LogP contribution in [-0.2, 0) is 4.79 Å². The van der Waals surface area contributed by atoms with Crippen molar-refractivity contribution in [2.24, 2.45) is 0 Å². The van der Waals surface area contributed by atoms with Crippen molar-refractivity contribution >= 4 is 11.6 Å². The van der Waals surface area contributed by atoms with Gasteiger partial charge in [0.15, 0.2) is 0 Å². The van der Waals surface area contributed by atoms with Crippen LogP contribution in [0.3, 0.4) is 0 Å². The Hall–Kier alpha value is -1.52. The highest BCUT2D eigenvalue weighted by Crippen LogP contribution is 2.29. The number of amides is 1. The third-order valence-corrected chi connectivity index (χ3v) is 2.13. The average Bonchev–Trinajstić information content (AvgIpc) is 2.15. The molecule has 1 aromatic rings. The van der Waals surface area contributed by atoms with Gasteiger partial charge in [-0.25, -0.2) is 0 Å². The molecule has 0 radical (unpaired) electrons. The Bertz CT molecular complexity index is 392. The van der Waals surface area contributed by atoms with E-state index in [1.165, 1.54) is 12.1 Å². The van der Waals surface area contributed by atoms with E-state index in [0.29, 0.717) is 0 Å². The van der Waals surface area contributed by atoms with E-state index in [0.717, 1.165) is 4.90 Å². The van der Waals surface area contributed by atoms with Crippen LogP contribution in [0.25, 0.3) is 0 Å². The lowest BCUT2D eigenvalue weighted by Crippen LogP contribution is -2.51. The number of anilines is 1. The van der Waals surface area contributed by atoms with Crippen molar-refractivity contribution in [2.45, 2.75) is 32.5 Å². The van der Waals surface area contributed by atoms with Gasteiger partial charge in [-0.15, -0.1) is 0 Å². The highest BCUT2D eigenvalue weighted by molar-refractivity contribution is 5.98. The number of carbonyl (C=O) groups is 1. The zero-order valence-electron chi connectivity index (χ0n) is 9.88. The molecule has 0 aliphatic carbocycles. The molecule has 0 aromatic heterocycles. The Morgan fingerprint density at radius 3 is 1.88 bits per heavy atom. The zero-order valence-corrected chi connectivity index (χ0v) is 9.88. The quantitative estimate of drug-likeness (QED) is 0.742. The normalized spacial score (nSPS) is 12.4. The first-order valence-electron chi connectivity index (χ1n) is 5.10. The first kappa shape index (κ1) is 13.5. The molecule has 0 fully saturated rings. The van der Waals surface area contributed by atoms with Crippen LogP contribution in [0.2, 0.25) is 0 Å². The largest absolute Gasteiger partial charge is 0.471 e. The average molecular weight is 245 g/mol. The summed E-state index contributed by atoms with van der Waals surface area (Å²) in [6.07, 6.45) is -4.87. The number of hydrogen-bond acceptors (Lipinski definition) is 1. The van der Waals surface area contributed by atoms with Gasteiger partial charge >= 0.3 is 12.1 Å². The molecule has 0 N–H and O–H groups in total. The Balaban J connectivity index is 3.20. The van der Waals surface area contributed by atoms with Crippen molar-refractivity contribution in [3.05, 3.63) is 30.3 Å². The molecule has 0 spiro atoms. The van der Waals surface area contributed by atoms with Crippen molar-refractivity contribution < 1.29 is 18.0 Å². The van der Waals surface area contributed by atoms with E-state index >= 15 is 0 Å². The summed E-state index contributed by atoms with van der Waals surface area (Å²) in [5, 5.41) is 0. The SMILES string of the molecule is CC(C)(C)N(C(=O)C(F)(F)F)c1ccccc1. The number of para-hydroxylation sites is 1. The van der Waals surface area contributed by atoms with Gasteiger partial charge in [-0.3, -0.25) is 9.69 Å². The molecule has 0 bridgehead atoms. The van der Waals surface area contributed by atoms with E-state index in [2.05, 4.69) is 0 Å². The van der Waals surface area contributed by atoms with Gasteiger partial charge in [0.2, 0.25) is 0 Å². The third kappa shape index (κ3) is 3.22. The lowest BCUT2D eigenvalue weighted by atomic mass is 10.0. The number of halogens is 3. The third-order valence-electron chi connectivity index (χ3n) is 2.13. The van der Waals surface area contributed by atoms with Gasteiger partial charge in [0.25, 0.3) is 0 Å². The highest BCUT2D eigenvalue weighted by Gasteiger charge is 2.46. The van der Waals surface area contributed by atoms with E-state index in [1.54, 1.807) is 39.0 Å². The predicted octanol–water partition coefficient (Wildman–Crippen LogP) is 3.38. The molecule has 0 saturated heterocycles. The van der Waals surface area contributed by atoms with Gasteiger partial charge < -0.3 is 0 Å². The van der Waals surface area contributed by atoms with Crippen molar-refractivity contribution in [3.63, 3.8) is 0 Å². The van der Waals surface area contributed by atoms with Crippen molar-refractivity contribution in [1.29, 1.82) is 0 Å². The summed E-state index contributed by atoms with van der Waals surface area (Å²) in [7, 11) is 0. The number of rotatable bonds is 1. The van der Waals surface area contributed by atoms with Gasteiger partial charge in [-0.05, 0) is 32.9 Å². The summed E-state index contributed by atoms with van der Waals surface area (Å²) in [6.45, 7) is 4.68. The van der Waals surface area contributed by atoms with Crippen LogP contribution in [0.5, 0.6) is 0 Å². The van der Waals surface area contributed by atoms with Gasteiger partial charge in [0.05, 0.1) is 0 Å². The number of alkyl halides is 3. The van der Waals surface area contributed by atoms with Gasteiger partial charge in [-0.2, -0.15) is 13.2 Å². The second-order valence-electron chi connectivity index (χ2n) is 4.64. The van der Waals surface area contributed by atoms with Crippen LogP contribution in [-0.4, -0.2) is 17.6 Å². The summed E-state index contributed by atoms with van der Waals surface area (Å²) in [6, 6.07) is 7.83. The maximum absolute atomic E-state index is 12.5. The van der Waals surface area contributed by atoms with Gasteiger partial charge in [0.1, 0.15) is 0 Å². The predicted molar refractivity (Wildman–Crippen MR) is 59.7 cm³/mol. The Labute approximate surface area is 98.0 Å². The molecule has 0 aliphatic heterocycles. The zero-order chi connectivity index (χ0) is 13.3. The first-order chi connectivity index (χ1) is 7.64. The van der Waals surface area contributed by atoms with Gasteiger partial charge in [0, 0.05) is 11.2 Å². The minimum absolute atomic E-state index is 0.238. The molecule has 1 aromatic carbocycles. The Kier molecular flexibility index (Phi) is 3.50. The summed E-state index contributed by atoms with van der Waals surface area (Å²) < 4.78 is 37.6. The molecule has 0 heterocycles. The summed E-state index contributed by atoms with van der Waals surface area (Å²) >= 11 is 0. The molecule has 0 unspecified atom stereocenters. The fourth-order valence-corrected chi connectivity index (χ4v) is 1.51. The summed E-state index contributed by atoms with van der Waals surface area (Å²) in [5.41, 5.74) is -0.698. The van der Waals surface area contributed by atoms with Crippen LogP contribution >= 0.6 is 0 Å². The molecule has 0 aliphatic rings. The molecule has 0 atom stereocenters. The van der Waals surface area contributed by atoms with Crippen molar-refractivity contribution in [2.75, 3.05) is 4.90 Å². The second-order valence-corrected chi connectivity index (χ2v) is 4.64. The van der Waals surface area contributed by atoms with E-state index in [1.807, 2.05) is 0 Å². The molecule has 1 rings (SSSR count). The summed E-state index contributed by atoms with van der Waals surface area (Å²) in [4.78, 5) is 12.2. The fraction of sp³-hybridized carbons (Fsp3) is 0.417. The smallest absolute Gasteiger partial charge is 0.299 e. The molecule has 5 heteroatoms. The Morgan fingerprint density at radius 2 is 1.53 bits per heavy atom. The molecule has 0 saturated carbocycles. The van der Waals surface area contributed by atoms with Crippen LogP contribution in [0.1, 0.15) is 20.8 Å². The van der Waals surface area contributed by atoms with Gasteiger partial charge in [-0.1, -0.05) is 18.2 Å². The lowest BCUT2D eigenvalue weighted by Gasteiger charge is -2.36. The maximum Gasteiger partial charge on any atom is 0.471 e. The molecular weight excluding hydrogens is 231 g/mol. The number of hydrogen-bond donors (Lipinski definition) is 0. The maximum atomic E-state index is 12.5. The van der Waals surface area contributed by atoms with Crippen LogP contribution in [0.4, 0.5) is 18.9 Å². The number of nitrogens with zero attached hydrogens (tertiary/aromatic N) is 1. The number of carbonyl (C=O) groups excluding carboxylic acids is 1. The van der Waals surface area contributed by atoms with E-state index in [4.69, 9.17) is 0 Å². The molecule has 2 nitrogen and oxygen atoms in total. The van der Waals surface area contributed by atoms with Crippen molar-refractivity contribution in [1.82, 2.24) is 0 Å². The van der Waals surface area contributed by atoms with Crippen LogP contribution < -0.4 is 4.90 Å². The number of benzene rings is 1. The van der Waals surface area contributed by atoms with E-state index in [-0.39, 0.29) is 5.69 Å². The first-order valence-corrected chi connectivity index (χ1v) is 5.10. The fourth-order valence-electron chi connectivity index (χ4n) is 1.51. The van der Waals surface area contributed by atoms with Crippen LogP contribution in [0.15, 0.2) is 30.3 Å². The second kappa shape index (κ2) is 4.39. The minimum Gasteiger partial charge on any atom is -0.299 e. The molecule has 17 heavy (non-hydrogen) atoms. The minimum atomic E-state index is -4.87. The molecule has 94 valence electrons. The van der Waals surface area contributed by atoms with E-state index < -0.39 is 17.6 Å². The standard InChI is InChI=1S/C12H14F3NO/c1-11(2,3)16(10(17)12(13,14)15)9-7-5-4-6-8-9/h4-8H,1-3H3. The summed E-state index contributed by atoms with van der Waals surface area (Å²) in [5.74, 6) is -1.85. The molecule has 1 amide bonds. The van der Waals surface area contributed by atoms with E-state index in [9.17, 15) is 18.0 Å². The van der Waals surface area contributed by atoms with Crippen molar-refractivity contribution in [3.8, 4) is 0 Å². The highest BCUT2D eigenvalue weighted by atomic mass is 19.4. The molecular formula is C12H14F3NO. The monoisotopic (exact) mass is 245 g/mol. The topological polar surface area (TPSA) is 20.3 Å².